The Bertz CT molecular complexity index is 444. The van der Waals surface area contributed by atoms with Gasteiger partial charge in [-0.2, -0.15) is 0 Å². The Labute approximate surface area is 120 Å². The summed E-state index contributed by atoms with van der Waals surface area (Å²) >= 11 is 0. The molecule has 0 aliphatic carbocycles. The van der Waals surface area contributed by atoms with Crippen molar-refractivity contribution in [2.75, 3.05) is 32.8 Å². The maximum absolute atomic E-state index is 9.41. The van der Waals surface area contributed by atoms with Crippen LogP contribution in [0.1, 0.15) is 18.9 Å². The van der Waals surface area contributed by atoms with Crippen LogP contribution in [0.5, 0.6) is 5.75 Å². The zero-order valence-corrected chi connectivity index (χ0v) is 12.1. The van der Waals surface area contributed by atoms with E-state index in [9.17, 15) is 5.11 Å². The molecule has 2 saturated heterocycles. The minimum atomic E-state index is 0.0836. The molecule has 0 amide bonds. The summed E-state index contributed by atoms with van der Waals surface area (Å²) in [6.07, 6.45) is 1.42. The molecular formula is C16H24N2O2. The minimum absolute atomic E-state index is 0.0836. The van der Waals surface area contributed by atoms with Crippen molar-refractivity contribution in [3.63, 3.8) is 0 Å². The van der Waals surface area contributed by atoms with Crippen LogP contribution in [-0.2, 0) is 6.54 Å². The monoisotopic (exact) mass is 276 g/mol. The van der Waals surface area contributed by atoms with Crippen molar-refractivity contribution in [3.8, 4) is 5.75 Å². The van der Waals surface area contributed by atoms with Gasteiger partial charge in [-0.05, 0) is 30.7 Å². The predicted molar refractivity (Wildman–Crippen MR) is 78.8 cm³/mol. The SMILES string of the molecule is CC1(CO)CCN(Cc2ccc(OC3CNC3)cc2)C1. The summed E-state index contributed by atoms with van der Waals surface area (Å²) in [6, 6.07) is 8.43. The molecule has 2 heterocycles. The largest absolute Gasteiger partial charge is 0.488 e. The first-order chi connectivity index (χ1) is 9.67. The van der Waals surface area contributed by atoms with E-state index in [0.29, 0.717) is 6.10 Å². The van der Waals surface area contributed by atoms with E-state index in [1.54, 1.807) is 0 Å². The van der Waals surface area contributed by atoms with Gasteiger partial charge < -0.3 is 15.2 Å². The highest BCUT2D eigenvalue weighted by atomic mass is 16.5. The molecule has 0 aromatic heterocycles. The zero-order valence-electron chi connectivity index (χ0n) is 12.1. The molecule has 0 bridgehead atoms. The summed E-state index contributed by atoms with van der Waals surface area (Å²) in [4.78, 5) is 2.42. The third-order valence-corrected chi connectivity index (χ3v) is 4.39. The first-order valence-electron chi connectivity index (χ1n) is 7.46. The molecule has 1 aromatic carbocycles. The van der Waals surface area contributed by atoms with Crippen molar-refractivity contribution in [2.24, 2.45) is 5.41 Å². The smallest absolute Gasteiger partial charge is 0.123 e. The topological polar surface area (TPSA) is 44.7 Å². The van der Waals surface area contributed by atoms with Crippen molar-refractivity contribution in [3.05, 3.63) is 29.8 Å². The van der Waals surface area contributed by atoms with Crippen LogP contribution in [0, 0.1) is 5.41 Å². The van der Waals surface area contributed by atoms with Crippen LogP contribution in [0.3, 0.4) is 0 Å². The highest BCUT2D eigenvalue weighted by Gasteiger charge is 2.32. The van der Waals surface area contributed by atoms with Crippen LogP contribution >= 0.6 is 0 Å². The zero-order chi connectivity index (χ0) is 14.0. The number of aliphatic hydroxyl groups excluding tert-OH is 1. The van der Waals surface area contributed by atoms with E-state index in [1.165, 1.54) is 5.56 Å². The molecule has 1 aromatic rings. The molecule has 1 unspecified atom stereocenters. The predicted octanol–water partition coefficient (Wildman–Crippen LogP) is 1.24. The number of hydrogen-bond acceptors (Lipinski definition) is 4. The van der Waals surface area contributed by atoms with Gasteiger partial charge in [0.25, 0.3) is 0 Å². The first kappa shape index (κ1) is 13.9. The molecule has 20 heavy (non-hydrogen) atoms. The standard InChI is InChI=1S/C16H24N2O2/c1-16(12-19)6-7-18(11-16)10-13-2-4-14(5-3-13)20-15-8-17-9-15/h2-5,15,17,19H,6-12H2,1H3. The number of hydrogen-bond donors (Lipinski definition) is 2. The Morgan fingerprint density at radius 2 is 2.10 bits per heavy atom. The quantitative estimate of drug-likeness (QED) is 0.849. The second-order valence-corrected chi connectivity index (χ2v) is 6.47. The molecule has 4 nitrogen and oxygen atoms in total. The van der Waals surface area contributed by atoms with Crippen molar-refractivity contribution in [1.82, 2.24) is 10.2 Å². The van der Waals surface area contributed by atoms with Gasteiger partial charge in [-0.25, -0.2) is 0 Å². The van der Waals surface area contributed by atoms with E-state index < -0.39 is 0 Å². The summed E-state index contributed by atoms with van der Waals surface area (Å²) in [6.45, 7) is 7.37. The van der Waals surface area contributed by atoms with E-state index in [4.69, 9.17) is 4.74 Å². The molecule has 110 valence electrons. The molecule has 2 N–H and O–H groups in total. The van der Waals surface area contributed by atoms with Gasteiger partial charge in [-0.3, -0.25) is 4.90 Å². The van der Waals surface area contributed by atoms with Crippen LogP contribution in [0.15, 0.2) is 24.3 Å². The lowest BCUT2D eigenvalue weighted by Gasteiger charge is -2.28. The number of ether oxygens (including phenoxy) is 1. The van der Waals surface area contributed by atoms with Crippen molar-refractivity contribution < 1.29 is 9.84 Å². The highest BCUT2D eigenvalue weighted by molar-refractivity contribution is 5.27. The number of nitrogens with one attached hydrogen (secondary N) is 1. The number of aliphatic hydroxyl groups is 1. The molecule has 3 rings (SSSR count). The fourth-order valence-electron chi connectivity index (χ4n) is 2.86. The maximum atomic E-state index is 9.41. The molecule has 0 spiro atoms. The number of nitrogens with zero attached hydrogens (tertiary/aromatic N) is 1. The van der Waals surface area contributed by atoms with E-state index >= 15 is 0 Å². The summed E-state index contributed by atoms with van der Waals surface area (Å²) in [5.41, 5.74) is 1.39. The first-order valence-corrected chi connectivity index (χ1v) is 7.46. The van der Waals surface area contributed by atoms with Crippen LogP contribution in [0.2, 0.25) is 0 Å². The Hall–Kier alpha value is -1.10. The van der Waals surface area contributed by atoms with Crippen LogP contribution in [0.4, 0.5) is 0 Å². The Morgan fingerprint density at radius 3 is 2.65 bits per heavy atom. The second-order valence-electron chi connectivity index (χ2n) is 6.47. The molecule has 0 saturated carbocycles. The Kier molecular flexibility index (Phi) is 3.96. The Balaban J connectivity index is 1.53. The van der Waals surface area contributed by atoms with Crippen LogP contribution in [0.25, 0.3) is 0 Å². The fourth-order valence-corrected chi connectivity index (χ4v) is 2.86. The van der Waals surface area contributed by atoms with Crippen LogP contribution < -0.4 is 10.1 Å². The summed E-state index contributed by atoms with van der Waals surface area (Å²) in [5, 5.41) is 12.6. The van der Waals surface area contributed by atoms with Crippen molar-refractivity contribution in [1.29, 1.82) is 0 Å². The Morgan fingerprint density at radius 1 is 1.35 bits per heavy atom. The van der Waals surface area contributed by atoms with Crippen molar-refractivity contribution >= 4 is 0 Å². The molecule has 2 fully saturated rings. The lowest BCUT2D eigenvalue weighted by Crippen LogP contribution is -2.50. The van der Waals surface area contributed by atoms with Gasteiger partial charge in [0, 0.05) is 38.2 Å². The number of rotatable bonds is 5. The summed E-state index contributed by atoms with van der Waals surface area (Å²) in [5.74, 6) is 0.960. The van der Waals surface area contributed by atoms with Gasteiger partial charge >= 0.3 is 0 Å². The fraction of sp³-hybridized carbons (Fsp3) is 0.625. The highest BCUT2D eigenvalue weighted by Crippen LogP contribution is 2.30. The normalized spacial score (nSPS) is 27.5. The van der Waals surface area contributed by atoms with E-state index in [-0.39, 0.29) is 12.0 Å². The second kappa shape index (κ2) is 5.72. The van der Waals surface area contributed by atoms with E-state index in [1.807, 2.05) is 0 Å². The van der Waals surface area contributed by atoms with E-state index in [0.717, 1.165) is 44.9 Å². The molecule has 0 radical (unpaired) electrons. The number of likely N-dealkylation sites (tertiary alicyclic amines) is 1. The van der Waals surface area contributed by atoms with Crippen LogP contribution in [-0.4, -0.2) is 48.9 Å². The van der Waals surface area contributed by atoms with E-state index in [2.05, 4.69) is 41.4 Å². The minimum Gasteiger partial charge on any atom is -0.488 e. The lowest BCUT2D eigenvalue weighted by molar-refractivity contribution is 0.142. The van der Waals surface area contributed by atoms with Gasteiger partial charge in [-0.15, -0.1) is 0 Å². The molecule has 2 aliphatic rings. The maximum Gasteiger partial charge on any atom is 0.123 e. The molecule has 1 atom stereocenters. The van der Waals surface area contributed by atoms with Gasteiger partial charge in [-0.1, -0.05) is 19.1 Å². The average Bonchev–Trinajstić information content (AvgIpc) is 2.78. The third-order valence-electron chi connectivity index (χ3n) is 4.39. The third kappa shape index (κ3) is 3.14. The molecular weight excluding hydrogens is 252 g/mol. The van der Waals surface area contributed by atoms with Gasteiger partial charge in [0.15, 0.2) is 0 Å². The van der Waals surface area contributed by atoms with Gasteiger partial charge in [0.2, 0.25) is 0 Å². The average molecular weight is 276 g/mol. The summed E-state index contributed by atoms with van der Waals surface area (Å²) < 4.78 is 5.82. The van der Waals surface area contributed by atoms with Crippen molar-refractivity contribution in [2.45, 2.75) is 26.0 Å². The molecule has 4 heteroatoms. The number of benzene rings is 1. The van der Waals surface area contributed by atoms with Gasteiger partial charge in [0.05, 0.1) is 0 Å². The van der Waals surface area contributed by atoms with Gasteiger partial charge in [0.1, 0.15) is 11.9 Å². The lowest BCUT2D eigenvalue weighted by atomic mass is 9.91. The molecule has 2 aliphatic heterocycles. The summed E-state index contributed by atoms with van der Waals surface area (Å²) in [7, 11) is 0.